The molecule has 146 valence electrons. The first-order chi connectivity index (χ1) is 13.3. The Morgan fingerprint density at radius 2 is 2.07 bits per heavy atom. The lowest BCUT2D eigenvalue weighted by molar-refractivity contribution is -0.136. The van der Waals surface area contributed by atoms with Crippen LogP contribution >= 0.6 is 0 Å². The average molecular weight is 384 g/mol. The Hall–Kier alpha value is -3.29. The second kappa shape index (κ2) is 7.75. The van der Waals surface area contributed by atoms with Gasteiger partial charge in [-0.25, -0.2) is 14.1 Å². The second-order valence-corrected chi connectivity index (χ2v) is 6.73. The fraction of sp³-hybridized carbons (Fsp3) is 0.300. The second-order valence-electron chi connectivity index (χ2n) is 6.73. The summed E-state index contributed by atoms with van der Waals surface area (Å²) in [5.41, 5.74) is 2.00. The predicted octanol–water partition coefficient (Wildman–Crippen LogP) is 3.73. The molecule has 7 nitrogen and oxygen atoms in total. The summed E-state index contributed by atoms with van der Waals surface area (Å²) in [4.78, 5) is 28.1. The molecule has 1 atom stereocenters. The molecule has 2 aromatic heterocycles. The van der Waals surface area contributed by atoms with Crippen LogP contribution in [0.1, 0.15) is 47.9 Å². The summed E-state index contributed by atoms with van der Waals surface area (Å²) in [5, 5.41) is 16.4. The molecule has 2 heterocycles. The maximum atomic E-state index is 14.1. The number of halogens is 1. The van der Waals surface area contributed by atoms with Crippen molar-refractivity contribution in [3.63, 3.8) is 0 Å². The molecule has 0 bridgehead atoms. The van der Waals surface area contributed by atoms with Gasteiger partial charge in [0.1, 0.15) is 5.82 Å². The van der Waals surface area contributed by atoms with Gasteiger partial charge in [0.2, 0.25) is 0 Å². The van der Waals surface area contributed by atoms with E-state index in [4.69, 9.17) is 5.11 Å². The molecule has 8 heteroatoms. The molecule has 1 amide bonds. The molecule has 0 aliphatic carbocycles. The van der Waals surface area contributed by atoms with Gasteiger partial charge in [-0.15, -0.1) is 0 Å². The summed E-state index contributed by atoms with van der Waals surface area (Å²) in [6.07, 6.45) is 2.06. The van der Waals surface area contributed by atoms with Crippen LogP contribution in [0.3, 0.4) is 0 Å². The molecule has 3 rings (SSSR count). The van der Waals surface area contributed by atoms with Crippen LogP contribution in [0.15, 0.2) is 30.5 Å². The lowest BCUT2D eigenvalue weighted by Crippen LogP contribution is -2.14. The van der Waals surface area contributed by atoms with Crippen molar-refractivity contribution in [1.29, 1.82) is 0 Å². The number of nitrogens with zero attached hydrogens (tertiary/aromatic N) is 3. The molecule has 3 aromatic rings. The lowest BCUT2D eigenvalue weighted by atomic mass is 10.1. The number of carboxylic acids is 1. The van der Waals surface area contributed by atoms with E-state index in [0.717, 1.165) is 12.5 Å². The molecule has 0 saturated heterocycles. The van der Waals surface area contributed by atoms with Crippen molar-refractivity contribution < 1.29 is 19.1 Å². The third-order valence-electron chi connectivity index (χ3n) is 4.60. The predicted molar refractivity (Wildman–Crippen MR) is 103 cm³/mol. The van der Waals surface area contributed by atoms with E-state index in [1.54, 1.807) is 23.9 Å². The first kappa shape index (κ1) is 19.5. The van der Waals surface area contributed by atoms with Crippen LogP contribution in [-0.2, 0) is 11.2 Å². The number of fused-ring (bicyclic) bond motifs is 1. The zero-order valence-electron chi connectivity index (χ0n) is 15.9. The van der Waals surface area contributed by atoms with Crippen LogP contribution in [-0.4, -0.2) is 31.7 Å². The molecule has 0 spiro atoms. The fourth-order valence-electron chi connectivity index (χ4n) is 2.96. The number of carbonyl (C=O) groups is 2. The van der Waals surface area contributed by atoms with E-state index in [0.29, 0.717) is 22.3 Å². The number of benzene rings is 1. The molecular formula is C20H21FN4O3. The van der Waals surface area contributed by atoms with Crippen LogP contribution in [0, 0.1) is 12.7 Å². The van der Waals surface area contributed by atoms with Crippen molar-refractivity contribution in [3.8, 4) is 0 Å². The Kier molecular flexibility index (Phi) is 5.39. The van der Waals surface area contributed by atoms with Crippen LogP contribution < -0.4 is 5.32 Å². The molecule has 0 fully saturated rings. The number of carboxylic acid groups (broad SMARTS) is 1. The van der Waals surface area contributed by atoms with Crippen LogP contribution in [0.25, 0.3) is 11.0 Å². The zero-order chi connectivity index (χ0) is 20.4. The molecule has 0 aliphatic rings. The minimum absolute atomic E-state index is 0.0578. The van der Waals surface area contributed by atoms with E-state index in [1.807, 2.05) is 13.8 Å². The van der Waals surface area contributed by atoms with E-state index >= 15 is 0 Å². The van der Waals surface area contributed by atoms with Gasteiger partial charge in [-0.2, -0.15) is 5.10 Å². The van der Waals surface area contributed by atoms with Crippen molar-refractivity contribution >= 4 is 28.6 Å². The van der Waals surface area contributed by atoms with Gasteiger partial charge in [-0.3, -0.25) is 9.59 Å². The summed E-state index contributed by atoms with van der Waals surface area (Å²) >= 11 is 0. The van der Waals surface area contributed by atoms with Gasteiger partial charge in [0, 0.05) is 11.4 Å². The van der Waals surface area contributed by atoms with Gasteiger partial charge in [0.15, 0.2) is 5.65 Å². The van der Waals surface area contributed by atoms with Gasteiger partial charge in [0.25, 0.3) is 5.91 Å². The molecule has 28 heavy (non-hydrogen) atoms. The highest BCUT2D eigenvalue weighted by molar-refractivity contribution is 6.12. The van der Waals surface area contributed by atoms with Gasteiger partial charge in [0.05, 0.1) is 29.6 Å². The quantitative estimate of drug-likeness (QED) is 0.675. The number of amides is 1. The highest BCUT2D eigenvalue weighted by Crippen LogP contribution is 2.24. The summed E-state index contributed by atoms with van der Waals surface area (Å²) in [5.74, 6) is -2.21. The topological polar surface area (TPSA) is 97.1 Å². The monoisotopic (exact) mass is 384 g/mol. The zero-order valence-corrected chi connectivity index (χ0v) is 15.9. The Morgan fingerprint density at radius 3 is 2.71 bits per heavy atom. The summed E-state index contributed by atoms with van der Waals surface area (Å²) in [6, 6.07) is 5.75. The van der Waals surface area contributed by atoms with Gasteiger partial charge >= 0.3 is 5.97 Å². The van der Waals surface area contributed by atoms with Crippen molar-refractivity contribution in [2.45, 2.75) is 39.7 Å². The van der Waals surface area contributed by atoms with Crippen molar-refractivity contribution in [1.82, 2.24) is 14.8 Å². The number of aryl methyl sites for hydroxylation is 1. The molecule has 2 N–H and O–H groups in total. The number of aromatic nitrogens is 3. The molecule has 0 saturated carbocycles. The minimum Gasteiger partial charge on any atom is -0.481 e. The first-order valence-corrected chi connectivity index (χ1v) is 8.96. The summed E-state index contributed by atoms with van der Waals surface area (Å²) in [7, 11) is 0. The van der Waals surface area contributed by atoms with E-state index in [9.17, 15) is 14.0 Å². The average Bonchev–Trinajstić information content (AvgIpc) is 3.06. The third kappa shape index (κ3) is 3.85. The molecule has 1 unspecified atom stereocenters. The largest absolute Gasteiger partial charge is 0.481 e. The molecule has 1 aromatic carbocycles. The highest BCUT2D eigenvalue weighted by atomic mass is 19.1. The standard InChI is InChI=1S/C20H21FN4O3/c1-4-12(3)25-19-16(10-22-25)15(7-11(2)23-19)20(28)24-14-6-5-13(8-18(26)27)17(21)9-14/h5-7,9-10,12H,4,8H2,1-3H3,(H,24,28)(H,26,27). The molecular weight excluding hydrogens is 363 g/mol. The van der Waals surface area contributed by atoms with Crippen LogP contribution in [0.5, 0.6) is 0 Å². The van der Waals surface area contributed by atoms with E-state index in [1.165, 1.54) is 12.1 Å². The summed E-state index contributed by atoms with van der Waals surface area (Å²) < 4.78 is 15.9. The summed E-state index contributed by atoms with van der Waals surface area (Å²) in [6.45, 7) is 5.87. The number of nitrogens with one attached hydrogen (secondary N) is 1. The maximum absolute atomic E-state index is 14.1. The number of hydrogen-bond donors (Lipinski definition) is 2. The smallest absolute Gasteiger partial charge is 0.307 e. The Bertz CT molecular complexity index is 1060. The highest BCUT2D eigenvalue weighted by Gasteiger charge is 2.18. The van der Waals surface area contributed by atoms with Crippen molar-refractivity contribution in [2.75, 3.05) is 5.32 Å². The van der Waals surface area contributed by atoms with Gasteiger partial charge < -0.3 is 10.4 Å². The number of carbonyl (C=O) groups excluding carboxylic acids is 1. The molecule has 0 radical (unpaired) electrons. The maximum Gasteiger partial charge on any atom is 0.307 e. The van der Waals surface area contributed by atoms with Gasteiger partial charge in [-0.05, 0) is 44.0 Å². The number of aliphatic carboxylic acids is 1. The van der Waals surface area contributed by atoms with Crippen LogP contribution in [0.4, 0.5) is 10.1 Å². The lowest BCUT2D eigenvalue weighted by Gasteiger charge is -2.12. The van der Waals surface area contributed by atoms with Crippen molar-refractivity contribution in [3.05, 3.63) is 53.1 Å². The van der Waals surface area contributed by atoms with E-state index in [-0.39, 0.29) is 17.3 Å². The number of anilines is 1. The minimum atomic E-state index is -1.12. The fourth-order valence-corrected chi connectivity index (χ4v) is 2.96. The number of hydrogen-bond acceptors (Lipinski definition) is 4. The Labute approximate surface area is 161 Å². The first-order valence-electron chi connectivity index (χ1n) is 8.96. The Morgan fingerprint density at radius 1 is 1.32 bits per heavy atom. The SMILES string of the molecule is CCC(C)n1ncc2c(C(=O)Nc3ccc(CC(=O)O)c(F)c3)cc(C)nc21. The van der Waals surface area contributed by atoms with Crippen molar-refractivity contribution in [2.24, 2.45) is 0 Å². The normalized spacial score (nSPS) is 12.1. The van der Waals surface area contributed by atoms with Crippen LogP contribution in [0.2, 0.25) is 0 Å². The number of rotatable bonds is 6. The number of pyridine rings is 1. The third-order valence-corrected chi connectivity index (χ3v) is 4.60. The van der Waals surface area contributed by atoms with Gasteiger partial charge in [-0.1, -0.05) is 13.0 Å². The van der Waals surface area contributed by atoms with E-state index < -0.39 is 24.1 Å². The molecule has 0 aliphatic heterocycles. The Balaban J connectivity index is 1.93. The van der Waals surface area contributed by atoms with E-state index in [2.05, 4.69) is 15.4 Å².